The van der Waals surface area contributed by atoms with Crippen LogP contribution in [0.4, 0.5) is 0 Å². The topological polar surface area (TPSA) is 63.9 Å². The molecule has 4 heterocycles. The van der Waals surface area contributed by atoms with Crippen LogP contribution in [0.1, 0.15) is 62.3 Å². The molecule has 0 aliphatic carbocycles. The standard InChI is InChI=1S/C21H25N5O/c1-21(2,3)26-19-15(9-8-13-23-19)18(24-26)20(27)25-14-7-5-11-17(25)16-10-4-6-12-22-16/h4,6,8-10,12-13,17H,5,7,11,14H2,1-3H3. The Balaban J connectivity index is 1.78. The van der Waals surface area contributed by atoms with Crippen molar-refractivity contribution in [3.05, 3.63) is 54.1 Å². The molecule has 0 bridgehead atoms. The van der Waals surface area contributed by atoms with Crippen molar-refractivity contribution in [1.82, 2.24) is 24.6 Å². The van der Waals surface area contributed by atoms with E-state index in [0.29, 0.717) is 5.69 Å². The van der Waals surface area contributed by atoms with Gasteiger partial charge in [0.05, 0.1) is 22.7 Å². The highest BCUT2D eigenvalue weighted by molar-refractivity contribution is 6.04. The highest BCUT2D eigenvalue weighted by Gasteiger charge is 2.33. The van der Waals surface area contributed by atoms with Crippen molar-refractivity contribution in [2.45, 2.75) is 51.6 Å². The van der Waals surface area contributed by atoms with Crippen molar-refractivity contribution >= 4 is 16.9 Å². The molecule has 6 nitrogen and oxygen atoms in total. The summed E-state index contributed by atoms with van der Waals surface area (Å²) in [6.45, 7) is 6.93. The van der Waals surface area contributed by atoms with Crippen LogP contribution in [-0.2, 0) is 5.54 Å². The van der Waals surface area contributed by atoms with Crippen LogP contribution in [0.2, 0.25) is 0 Å². The number of piperidine rings is 1. The van der Waals surface area contributed by atoms with Gasteiger partial charge in [0.25, 0.3) is 5.91 Å². The molecule has 0 radical (unpaired) electrons. The van der Waals surface area contributed by atoms with Crippen molar-refractivity contribution in [1.29, 1.82) is 0 Å². The van der Waals surface area contributed by atoms with Gasteiger partial charge in [-0.2, -0.15) is 5.10 Å². The number of fused-ring (bicyclic) bond motifs is 1. The Labute approximate surface area is 159 Å². The van der Waals surface area contributed by atoms with Crippen molar-refractivity contribution in [3.8, 4) is 0 Å². The van der Waals surface area contributed by atoms with Crippen LogP contribution in [0, 0.1) is 0 Å². The number of carbonyl (C=O) groups is 1. The lowest BCUT2D eigenvalue weighted by Crippen LogP contribution is -2.39. The SMILES string of the molecule is CC(C)(C)n1nc(C(=O)N2CCCCC2c2ccccn2)c2cccnc21. The van der Waals surface area contributed by atoms with E-state index in [9.17, 15) is 4.79 Å². The summed E-state index contributed by atoms with van der Waals surface area (Å²) in [5.41, 5.74) is 1.92. The van der Waals surface area contributed by atoms with E-state index in [1.54, 1.807) is 12.4 Å². The van der Waals surface area contributed by atoms with E-state index < -0.39 is 0 Å². The Morgan fingerprint density at radius 2 is 1.89 bits per heavy atom. The van der Waals surface area contributed by atoms with Gasteiger partial charge in [-0.15, -0.1) is 0 Å². The van der Waals surface area contributed by atoms with Crippen LogP contribution >= 0.6 is 0 Å². The van der Waals surface area contributed by atoms with Gasteiger partial charge in [-0.1, -0.05) is 6.07 Å². The third kappa shape index (κ3) is 3.20. The lowest BCUT2D eigenvalue weighted by Gasteiger charge is -2.35. The summed E-state index contributed by atoms with van der Waals surface area (Å²) in [5, 5.41) is 5.51. The van der Waals surface area contributed by atoms with E-state index in [1.807, 2.05) is 39.9 Å². The molecule has 1 fully saturated rings. The third-order valence-electron chi connectivity index (χ3n) is 5.07. The van der Waals surface area contributed by atoms with Gasteiger partial charge >= 0.3 is 0 Å². The number of nitrogens with zero attached hydrogens (tertiary/aromatic N) is 5. The number of carbonyl (C=O) groups excluding carboxylic acids is 1. The van der Waals surface area contributed by atoms with Crippen LogP contribution < -0.4 is 0 Å². The molecule has 1 aliphatic heterocycles. The normalized spacial score (nSPS) is 18.0. The second-order valence-electron chi connectivity index (χ2n) is 8.07. The van der Waals surface area contributed by atoms with Crippen molar-refractivity contribution in [3.63, 3.8) is 0 Å². The molecular weight excluding hydrogens is 338 g/mol. The van der Waals surface area contributed by atoms with E-state index in [2.05, 4.69) is 30.7 Å². The second kappa shape index (κ2) is 6.76. The van der Waals surface area contributed by atoms with Crippen molar-refractivity contribution < 1.29 is 4.79 Å². The molecule has 140 valence electrons. The zero-order valence-corrected chi connectivity index (χ0v) is 16.1. The molecule has 0 saturated carbocycles. The molecule has 1 amide bonds. The molecule has 0 spiro atoms. The summed E-state index contributed by atoms with van der Waals surface area (Å²) in [5.74, 6) is -0.0358. The van der Waals surface area contributed by atoms with Gasteiger partial charge in [-0.25, -0.2) is 9.67 Å². The van der Waals surface area contributed by atoms with Crippen molar-refractivity contribution in [2.24, 2.45) is 0 Å². The molecule has 6 heteroatoms. The first kappa shape index (κ1) is 17.6. The van der Waals surface area contributed by atoms with Crippen LogP contribution in [-0.4, -0.2) is 37.1 Å². The summed E-state index contributed by atoms with van der Waals surface area (Å²) in [6.07, 6.45) is 6.58. The average molecular weight is 363 g/mol. The average Bonchev–Trinajstić information content (AvgIpc) is 3.08. The predicted molar refractivity (Wildman–Crippen MR) is 104 cm³/mol. The Kier molecular flexibility index (Phi) is 4.42. The lowest BCUT2D eigenvalue weighted by atomic mass is 9.98. The zero-order valence-electron chi connectivity index (χ0n) is 16.1. The van der Waals surface area contributed by atoms with E-state index in [1.165, 1.54) is 0 Å². The highest BCUT2D eigenvalue weighted by Crippen LogP contribution is 2.32. The number of hydrogen-bond donors (Lipinski definition) is 0. The van der Waals surface area contributed by atoms with E-state index >= 15 is 0 Å². The number of aromatic nitrogens is 4. The quantitative estimate of drug-likeness (QED) is 0.691. The van der Waals surface area contributed by atoms with Gasteiger partial charge in [0.2, 0.25) is 0 Å². The van der Waals surface area contributed by atoms with Crippen LogP contribution in [0.5, 0.6) is 0 Å². The van der Waals surface area contributed by atoms with Gasteiger partial charge in [-0.3, -0.25) is 9.78 Å². The number of rotatable bonds is 2. The molecule has 3 aromatic heterocycles. The second-order valence-corrected chi connectivity index (χ2v) is 8.07. The fraction of sp³-hybridized carbons (Fsp3) is 0.429. The summed E-state index contributed by atoms with van der Waals surface area (Å²) < 4.78 is 1.86. The number of pyridine rings is 2. The minimum atomic E-state index is -0.257. The maximum Gasteiger partial charge on any atom is 0.275 e. The molecular formula is C21H25N5O. The van der Waals surface area contributed by atoms with E-state index in [4.69, 9.17) is 5.10 Å². The molecule has 1 atom stereocenters. The number of hydrogen-bond acceptors (Lipinski definition) is 4. The number of amides is 1. The Morgan fingerprint density at radius 3 is 2.63 bits per heavy atom. The zero-order chi connectivity index (χ0) is 19.0. The fourth-order valence-corrected chi connectivity index (χ4v) is 3.77. The van der Waals surface area contributed by atoms with E-state index in [0.717, 1.165) is 42.5 Å². The molecule has 1 saturated heterocycles. The van der Waals surface area contributed by atoms with Gasteiger partial charge in [0.1, 0.15) is 0 Å². The Hall–Kier alpha value is -2.76. The third-order valence-corrected chi connectivity index (χ3v) is 5.07. The van der Waals surface area contributed by atoms with Crippen molar-refractivity contribution in [2.75, 3.05) is 6.54 Å². The van der Waals surface area contributed by atoms with E-state index in [-0.39, 0.29) is 17.5 Å². The fourth-order valence-electron chi connectivity index (χ4n) is 3.77. The minimum Gasteiger partial charge on any atom is -0.329 e. The maximum absolute atomic E-state index is 13.5. The Morgan fingerprint density at radius 1 is 1.07 bits per heavy atom. The summed E-state index contributed by atoms with van der Waals surface area (Å²) >= 11 is 0. The molecule has 27 heavy (non-hydrogen) atoms. The van der Waals surface area contributed by atoms with Crippen LogP contribution in [0.15, 0.2) is 42.7 Å². The first-order valence-electron chi connectivity index (χ1n) is 9.53. The molecule has 0 aromatic carbocycles. The molecule has 3 aromatic rings. The van der Waals surface area contributed by atoms with Gasteiger partial charge in [0, 0.05) is 18.9 Å². The van der Waals surface area contributed by atoms with Crippen LogP contribution in [0.3, 0.4) is 0 Å². The minimum absolute atomic E-state index is 0.000965. The molecule has 1 aliphatic rings. The predicted octanol–water partition coefficient (Wildman–Crippen LogP) is 3.95. The lowest BCUT2D eigenvalue weighted by molar-refractivity contribution is 0.0600. The van der Waals surface area contributed by atoms with Gasteiger partial charge in [0.15, 0.2) is 11.3 Å². The first-order valence-corrected chi connectivity index (χ1v) is 9.53. The van der Waals surface area contributed by atoms with Gasteiger partial charge in [-0.05, 0) is 64.3 Å². The summed E-state index contributed by atoms with van der Waals surface area (Å²) in [6, 6.07) is 9.68. The summed E-state index contributed by atoms with van der Waals surface area (Å²) in [4.78, 5) is 24.5. The molecule has 4 rings (SSSR count). The number of likely N-dealkylation sites (tertiary alicyclic amines) is 1. The Bertz CT molecular complexity index is 958. The summed E-state index contributed by atoms with van der Waals surface area (Å²) in [7, 11) is 0. The largest absolute Gasteiger partial charge is 0.329 e. The van der Waals surface area contributed by atoms with Crippen LogP contribution in [0.25, 0.3) is 11.0 Å². The molecule has 0 N–H and O–H groups in total. The highest BCUT2D eigenvalue weighted by atomic mass is 16.2. The maximum atomic E-state index is 13.5. The first-order chi connectivity index (χ1) is 13.0. The monoisotopic (exact) mass is 363 g/mol. The smallest absolute Gasteiger partial charge is 0.275 e. The van der Waals surface area contributed by atoms with Gasteiger partial charge < -0.3 is 4.90 Å². The molecule has 1 unspecified atom stereocenters.